The van der Waals surface area contributed by atoms with Crippen molar-refractivity contribution in [3.63, 3.8) is 0 Å². The lowest BCUT2D eigenvalue weighted by Crippen LogP contribution is -2.08. The second-order valence-corrected chi connectivity index (χ2v) is 4.05. The van der Waals surface area contributed by atoms with Crippen LogP contribution in [0.1, 0.15) is 30.5 Å². The van der Waals surface area contributed by atoms with Crippen LogP contribution in [-0.2, 0) is 13.0 Å². The number of hydrogen-bond acceptors (Lipinski definition) is 2. The second-order valence-electron chi connectivity index (χ2n) is 3.40. The summed E-state index contributed by atoms with van der Waals surface area (Å²) < 4.78 is 2.16. The lowest BCUT2D eigenvalue weighted by atomic mass is 10.2. The minimum absolute atomic E-state index is 0.460. The first kappa shape index (κ1) is 9.21. The molecule has 2 heterocycles. The molecule has 1 unspecified atom stereocenters. The molecule has 0 amide bonds. The lowest BCUT2D eigenvalue weighted by Gasteiger charge is -2.11. The Kier molecular flexibility index (Phi) is 2.69. The zero-order valence-corrected chi connectivity index (χ0v) is 9.00. The van der Waals surface area contributed by atoms with E-state index in [4.69, 9.17) is 0 Å². The van der Waals surface area contributed by atoms with Gasteiger partial charge in [0.2, 0.25) is 0 Å². The summed E-state index contributed by atoms with van der Waals surface area (Å²) in [5.74, 6) is 1.13. The van der Waals surface area contributed by atoms with Crippen LogP contribution in [0.2, 0.25) is 0 Å². The Morgan fingerprint density at radius 2 is 2.46 bits per heavy atom. The average molecular weight is 245 g/mol. The monoisotopic (exact) mass is 244 g/mol. The number of imidazole rings is 1. The maximum atomic E-state index is 9.56. The smallest absolute Gasteiger partial charge is 0.109 e. The molecule has 4 heteroatoms. The van der Waals surface area contributed by atoms with E-state index in [1.54, 1.807) is 0 Å². The Morgan fingerprint density at radius 1 is 1.62 bits per heavy atom. The molecule has 0 radical (unpaired) electrons. The number of rotatable bonds is 2. The molecule has 1 aromatic heterocycles. The topological polar surface area (TPSA) is 38.0 Å². The second kappa shape index (κ2) is 3.80. The predicted molar refractivity (Wildman–Crippen MR) is 53.9 cm³/mol. The van der Waals surface area contributed by atoms with Gasteiger partial charge < -0.3 is 9.67 Å². The van der Waals surface area contributed by atoms with Crippen molar-refractivity contribution in [1.82, 2.24) is 9.55 Å². The van der Waals surface area contributed by atoms with Crippen molar-refractivity contribution < 1.29 is 5.11 Å². The minimum atomic E-state index is -0.460. The van der Waals surface area contributed by atoms with Crippen molar-refractivity contribution in [2.24, 2.45) is 0 Å². The van der Waals surface area contributed by atoms with E-state index in [0.29, 0.717) is 5.33 Å². The summed E-state index contributed by atoms with van der Waals surface area (Å²) >= 11 is 3.25. The molecule has 1 N–H and O–H groups in total. The van der Waals surface area contributed by atoms with Crippen LogP contribution in [0, 0.1) is 0 Å². The van der Waals surface area contributed by atoms with E-state index in [9.17, 15) is 5.11 Å². The molecule has 0 aromatic carbocycles. The van der Waals surface area contributed by atoms with Crippen molar-refractivity contribution in [3.8, 4) is 0 Å². The number of aromatic nitrogens is 2. The van der Waals surface area contributed by atoms with Gasteiger partial charge in [0, 0.05) is 24.5 Å². The highest BCUT2D eigenvalue weighted by atomic mass is 79.9. The third-order valence-corrected chi connectivity index (χ3v) is 3.03. The molecule has 1 aliphatic heterocycles. The fourth-order valence-electron chi connectivity index (χ4n) is 1.67. The zero-order chi connectivity index (χ0) is 9.26. The Balaban J connectivity index is 2.25. The summed E-state index contributed by atoms with van der Waals surface area (Å²) in [6, 6.07) is 0. The SMILES string of the molecule is OC(CBr)c1cn2c(n1)CCCC2. The minimum Gasteiger partial charge on any atom is -0.386 e. The van der Waals surface area contributed by atoms with Crippen LogP contribution in [0.25, 0.3) is 0 Å². The molecule has 0 spiro atoms. The number of aliphatic hydroxyl groups excluding tert-OH is 1. The van der Waals surface area contributed by atoms with E-state index in [1.807, 2.05) is 6.20 Å². The van der Waals surface area contributed by atoms with Gasteiger partial charge in [-0.05, 0) is 12.8 Å². The summed E-state index contributed by atoms with van der Waals surface area (Å²) in [6.45, 7) is 1.05. The van der Waals surface area contributed by atoms with E-state index in [0.717, 1.165) is 24.5 Å². The summed E-state index contributed by atoms with van der Waals surface area (Å²) in [5.41, 5.74) is 0.800. The van der Waals surface area contributed by atoms with Gasteiger partial charge in [-0.2, -0.15) is 0 Å². The van der Waals surface area contributed by atoms with E-state index < -0.39 is 6.10 Å². The standard InChI is InChI=1S/C9H13BrN2O/c10-5-8(13)7-6-12-4-2-1-3-9(12)11-7/h6,8,13H,1-5H2. The molecule has 0 fully saturated rings. The van der Waals surface area contributed by atoms with Gasteiger partial charge in [0.1, 0.15) is 11.9 Å². The van der Waals surface area contributed by atoms with Crippen molar-refractivity contribution in [2.45, 2.75) is 31.9 Å². The highest BCUT2D eigenvalue weighted by Gasteiger charge is 2.15. The van der Waals surface area contributed by atoms with Gasteiger partial charge in [-0.15, -0.1) is 0 Å². The number of halogens is 1. The lowest BCUT2D eigenvalue weighted by molar-refractivity contribution is 0.201. The summed E-state index contributed by atoms with van der Waals surface area (Å²) in [4.78, 5) is 4.40. The Hall–Kier alpha value is -0.350. The zero-order valence-electron chi connectivity index (χ0n) is 7.41. The van der Waals surface area contributed by atoms with Crippen LogP contribution in [0.3, 0.4) is 0 Å². The van der Waals surface area contributed by atoms with Gasteiger partial charge in [0.15, 0.2) is 0 Å². The van der Waals surface area contributed by atoms with E-state index in [1.165, 1.54) is 12.8 Å². The number of aryl methyl sites for hydroxylation is 2. The Labute approximate surface area is 85.9 Å². The van der Waals surface area contributed by atoms with Gasteiger partial charge >= 0.3 is 0 Å². The Bertz CT molecular complexity index is 274. The average Bonchev–Trinajstić information content (AvgIpc) is 2.59. The van der Waals surface area contributed by atoms with Crippen molar-refractivity contribution in [2.75, 3.05) is 5.33 Å². The third-order valence-electron chi connectivity index (χ3n) is 2.41. The number of alkyl halides is 1. The van der Waals surface area contributed by atoms with Crippen LogP contribution in [0.5, 0.6) is 0 Å². The van der Waals surface area contributed by atoms with Crippen molar-refractivity contribution in [1.29, 1.82) is 0 Å². The van der Waals surface area contributed by atoms with E-state index in [-0.39, 0.29) is 0 Å². The maximum Gasteiger partial charge on any atom is 0.109 e. The normalized spacial score (nSPS) is 18.3. The first-order valence-electron chi connectivity index (χ1n) is 4.61. The summed E-state index contributed by atoms with van der Waals surface area (Å²) in [5, 5.41) is 10.1. The largest absolute Gasteiger partial charge is 0.386 e. The van der Waals surface area contributed by atoms with Crippen LogP contribution in [0.15, 0.2) is 6.20 Å². The van der Waals surface area contributed by atoms with Crippen molar-refractivity contribution in [3.05, 3.63) is 17.7 Å². The first-order chi connectivity index (χ1) is 6.31. The fraction of sp³-hybridized carbons (Fsp3) is 0.667. The number of fused-ring (bicyclic) bond motifs is 1. The highest BCUT2D eigenvalue weighted by Crippen LogP contribution is 2.19. The summed E-state index contributed by atoms with van der Waals surface area (Å²) in [7, 11) is 0. The van der Waals surface area contributed by atoms with E-state index >= 15 is 0 Å². The molecule has 13 heavy (non-hydrogen) atoms. The molecule has 1 aromatic rings. The van der Waals surface area contributed by atoms with Gasteiger partial charge in [-0.25, -0.2) is 4.98 Å². The molecule has 1 aliphatic rings. The highest BCUT2D eigenvalue weighted by molar-refractivity contribution is 9.09. The van der Waals surface area contributed by atoms with Crippen LogP contribution >= 0.6 is 15.9 Å². The van der Waals surface area contributed by atoms with Gasteiger partial charge in [-0.3, -0.25) is 0 Å². The number of hydrogen-bond donors (Lipinski definition) is 1. The van der Waals surface area contributed by atoms with Crippen molar-refractivity contribution >= 4 is 15.9 Å². The molecule has 72 valence electrons. The van der Waals surface area contributed by atoms with Crippen LogP contribution in [-0.4, -0.2) is 20.0 Å². The molecular formula is C9H13BrN2O. The molecular weight excluding hydrogens is 232 g/mol. The summed E-state index contributed by atoms with van der Waals surface area (Å²) in [6.07, 6.45) is 5.02. The first-order valence-corrected chi connectivity index (χ1v) is 5.73. The van der Waals surface area contributed by atoms with Crippen LogP contribution in [0.4, 0.5) is 0 Å². The molecule has 0 saturated heterocycles. The number of aliphatic hydroxyl groups is 1. The quantitative estimate of drug-likeness (QED) is 0.804. The molecule has 0 aliphatic carbocycles. The van der Waals surface area contributed by atoms with Gasteiger partial charge in [0.25, 0.3) is 0 Å². The third kappa shape index (κ3) is 1.79. The predicted octanol–water partition coefficient (Wildman–Crippen LogP) is 1.65. The number of nitrogens with zero attached hydrogens (tertiary/aromatic N) is 2. The molecule has 2 rings (SSSR count). The molecule has 0 saturated carbocycles. The molecule has 3 nitrogen and oxygen atoms in total. The maximum absolute atomic E-state index is 9.56. The molecule has 1 atom stereocenters. The molecule has 0 bridgehead atoms. The van der Waals surface area contributed by atoms with Crippen LogP contribution < -0.4 is 0 Å². The Morgan fingerprint density at radius 3 is 3.15 bits per heavy atom. The van der Waals surface area contributed by atoms with Gasteiger partial charge in [0.05, 0.1) is 5.69 Å². The van der Waals surface area contributed by atoms with Gasteiger partial charge in [-0.1, -0.05) is 15.9 Å². The van der Waals surface area contributed by atoms with E-state index in [2.05, 4.69) is 25.5 Å². The fourth-order valence-corrected chi connectivity index (χ4v) is 2.01.